The molecule has 2 nitrogen and oxygen atoms in total. The van der Waals surface area contributed by atoms with Crippen LogP contribution in [-0.4, -0.2) is 23.0 Å². The van der Waals surface area contributed by atoms with Gasteiger partial charge < -0.3 is 11.1 Å². The summed E-state index contributed by atoms with van der Waals surface area (Å²) in [4.78, 5) is 0.380. The molecule has 1 aromatic carbocycles. The van der Waals surface area contributed by atoms with Gasteiger partial charge in [0.15, 0.2) is 0 Å². The molecule has 1 heterocycles. The second-order valence-corrected chi connectivity index (χ2v) is 6.17. The molecule has 0 saturated carbocycles. The Morgan fingerprint density at radius 3 is 3.00 bits per heavy atom. The normalized spacial score (nSPS) is 19.2. The van der Waals surface area contributed by atoms with E-state index in [1.54, 1.807) is 0 Å². The third kappa shape index (κ3) is 3.50. The van der Waals surface area contributed by atoms with E-state index >= 15 is 0 Å². The lowest BCUT2D eigenvalue weighted by atomic mass is 10.1. The van der Waals surface area contributed by atoms with Crippen LogP contribution in [0.15, 0.2) is 18.2 Å². The maximum absolute atomic E-state index is 6.18. The highest BCUT2D eigenvalue weighted by Crippen LogP contribution is 2.26. The molecular weight excluding hydrogens is 272 g/mol. The zero-order chi connectivity index (χ0) is 12.3. The van der Waals surface area contributed by atoms with Crippen LogP contribution in [0.5, 0.6) is 0 Å². The van der Waals surface area contributed by atoms with Crippen molar-refractivity contribution in [2.75, 3.05) is 23.4 Å². The number of hydrogen-bond donors (Lipinski definition) is 2. The Morgan fingerprint density at radius 1 is 1.59 bits per heavy atom. The molecule has 17 heavy (non-hydrogen) atoms. The fraction of sp³-hybridized carbons (Fsp3) is 0.417. The van der Waals surface area contributed by atoms with Crippen molar-refractivity contribution in [1.82, 2.24) is 0 Å². The molecule has 92 valence electrons. The van der Waals surface area contributed by atoms with Crippen molar-refractivity contribution in [3.05, 3.63) is 28.8 Å². The average molecular weight is 287 g/mol. The first-order valence-electron chi connectivity index (χ1n) is 5.58. The quantitative estimate of drug-likeness (QED) is 0.834. The Labute approximate surface area is 116 Å². The molecule has 0 aliphatic carbocycles. The van der Waals surface area contributed by atoms with E-state index in [1.165, 1.54) is 17.9 Å². The van der Waals surface area contributed by atoms with E-state index in [2.05, 4.69) is 5.32 Å². The number of hydrogen-bond acceptors (Lipinski definition) is 3. The van der Waals surface area contributed by atoms with Gasteiger partial charge in [-0.25, -0.2) is 0 Å². The largest absolute Gasteiger partial charge is 0.389 e. The molecule has 2 rings (SSSR count). The molecule has 0 spiro atoms. The van der Waals surface area contributed by atoms with Crippen molar-refractivity contribution >= 4 is 46.3 Å². The number of thiocarbonyl (C=S) groups is 1. The maximum Gasteiger partial charge on any atom is 0.104 e. The standard InChI is InChI=1S/C12H15ClN2S2/c13-10-5-9(12(14)16)1-2-11(10)15-6-8-3-4-17-7-8/h1-2,5,8,15H,3-4,6-7H2,(H2,14,16). The zero-order valence-corrected chi connectivity index (χ0v) is 11.8. The first kappa shape index (κ1) is 13.0. The Bertz CT molecular complexity index is 417. The van der Waals surface area contributed by atoms with Crippen LogP contribution in [0.25, 0.3) is 0 Å². The fourth-order valence-electron chi connectivity index (χ4n) is 1.81. The van der Waals surface area contributed by atoms with Gasteiger partial charge in [0.2, 0.25) is 0 Å². The Balaban J connectivity index is 1.98. The third-order valence-electron chi connectivity index (χ3n) is 2.86. The molecule has 0 radical (unpaired) electrons. The summed E-state index contributed by atoms with van der Waals surface area (Å²) in [5.74, 6) is 3.28. The van der Waals surface area contributed by atoms with Gasteiger partial charge in [-0.2, -0.15) is 11.8 Å². The Kier molecular flexibility index (Phi) is 4.54. The molecule has 0 bridgehead atoms. The maximum atomic E-state index is 6.18. The number of rotatable bonds is 4. The zero-order valence-electron chi connectivity index (χ0n) is 9.41. The number of nitrogens with one attached hydrogen (secondary N) is 1. The summed E-state index contributed by atoms with van der Waals surface area (Å²) >= 11 is 13.1. The molecule has 3 N–H and O–H groups in total. The van der Waals surface area contributed by atoms with Crippen molar-refractivity contribution in [1.29, 1.82) is 0 Å². The molecule has 1 saturated heterocycles. The summed E-state index contributed by atoms with van der Waals surface area (Å²) in [7, 11) is 0. The molecule has 1 aromatic rings. The van der Waals surface area contributed by atoms with Gasteiger partial charge in [0.05, 0.1) is 10.7 Å². The topological polar surface area (TPSA) is 38.0 Å². The molecule has 1 aliphatic rings. The van der Waals surface area contributed by atoms with Crippen LogP contribution in [0, 0.1) is 5.92 Å². The van der Waals surface area contributed by atoms with E-state index in [1.807, 2.05) is 30.0 Å². The number of thioether (sulfide) groups is 1. The number of nitrogens with two attached hydrogens (primary N) is 1. The summed E-state index contributed by atoms with van der Waals surface area (Å²) in [6, 6.07) is 5.66. The van der Waals surface area contributed by atoms with E-state index in [-0.39, 0.29) is 0 Å². The Hall–Kier alpha value is -0.450. The molecule has 0 aromatic heterocycles. The van der Waals surface area contributed by atoms with Gasteiger partial charge in [-0.3, -0.25) is 0 Å². The van der Waals surface area contributed by atoms with Crippen molar-refractivity contribution < 1.29 is 0 Å². The van der Waals surface area contributed by atoms with Gasteiger partial charge in [0, 0.05) is 12.1 Å². The predicted molar refractivity (Wildman–Crippen MR) is 81.3 cm³/mol. The van der Waals surface area contributed by atoms with Crippen LogP contribution in [0.4, 0.5) is 5.69 Å². The molecule has 1 unspecified atom stereocenters. The Morgan fingerprint density at radius 2 is 2.41 bits per heavy atom. The minimum Gasteiger partial charge on any atom is -0.389 e. The minimum atomic E-state index is 0.380. The molecule has 1 atom stereocenters. The van der Waals surface area contributed by atoms with Gasteiger partial charge in [0.25, 0.3) is 0 Å². The van der Waals surface area contributed by atoms with E-state index in [0.717, 1.165) is 23.7 Å². The molecule has 1 fully saturated rings. The molecule has 5 heteroatoms. The van der Waals surface area contributed by atoms with Crippen molar-refractivity contribution in [2.45, 2.75) is 6.42 Å². The van der Waals surface area contributed by atoms with E-state index in [0.29, 0.717) is 10.0 Å². The SMILES string of the molecule is NC(=S)c1ccc(NCC2CCSC2)c(Cl)c1. The fourth-order valence-corrected chi connectivity index (χ4v) is 3.47. The predicted octanol–water partition coefficient (Wildman–Crippen LogP) is 3.14. The monoisotopic (exact) mass is 286 g/mol. The molecular formula is C12H15ClN2S2. The second kappa shape index (κ2) is 5.94. The van der Waals surface area contributed by atoms with Gasteiger partial charge in [-0.1, -0.05) is 23.8 Å². The lowest BCUT2D eigenvalue weighted by Crippen LogP contribution is -2.14. The van der Waals surface area contributed by atoms with Gasteiger partial charge >= 0.3 is 0 Å². The summed E-state index contributed by atoms with van der Waals surface area (Å²) in [6.45, 7) is 0.985. The highest BCUT2D eigenvalue weighted by Gasteiger charge is 2.15. The summed E-state index contributed by atoms with van der Waals surface area (Å²) in [5, 5.41) is 4.07. The van der Waals surface area contributed by atoms with Crippen molar-refractivity contribution in [2.24, 2.45) is 11.7 Å². The third-order valence-corrected chi connectivity index (χ3v) is 4.64. The van der Waals surface area contributed by atoms with E-state index in [4.69, 9.17) is 29.6 Å². The van der Waals surface area contributed by atoms with Crippen molar-refractivity contribution in [3.63, 3.8) is 0 Å². The lowest BCUT2D eigenvalue weighted by molar-refractivity contribution is 0.632. The first-order chi connectivity index (χ1) is 8.16. The smallest absolute Gasteiger partial charge is 0.104 e. The number of anilines is 1. The minimum absolute atomic E-state index is 0.380. The van der Waals surface area contributed by atoms with E-state index in [9.17, 15) is 0 Å². The van der Waals surface area contributed by atoms with Gasteiger partial charge in [-0.15, -0.1) is 0 Å². The van der Waals surface area contributed by atoms with Crippen LogP contribution in [0.2, 0.25) is 5.02 Å². The van der Waals surface area contributed by atoms with Crippen LogP contribution < -0.4 is 11.1 Å². The highest BCUT2D eigenvalue weighted by atomic mass is 35.5. The highest BCUT2D eigenvalue weighted by molar-refractivity contribution is 7.99. The number of benzene rings is 1. The lowest BCUT2D eigenvalue weighted by Gasteiger charge is -2.13. The number of halogens is 1. The first-order valence-corrected chi connectivity index (χ1v) is 7.52. The van der Waals surface area contributed by atoms with Gasteiger partial charge in [0.1, 0.15) is 4.99 Å². The second-order valence-electron chi connectivity index (χ2n) is 4.17. The van der Waals surface area contributed by atoms with Crippen molar-refractivity contribution in [3.8, 4) is 0 Å². The summed E-state index contributed by atoms with van der Waals surface area (Å²) < 4.78 is 0. The van der Waals surface area contributed by atoms with Gasteiger partial charge in [-0.05, 0) is 42.0 Å². The van der Waals surface area contributed by atoms with Crippen LogP contribution in [-0.2, 0) is 0 Å². The van der Waals surface area contributed by atoms with E-state index < -0.39 is 0 Å². The average Bonchev–Trinajstić information content (AvgIpc) is 2.80. The van der Waals surface area contributed by atoms with Crippen LogP contribution in [0.3, 0.4) is 0 Å². The molecule has 0 amide bonds. The van der Waals surface area contributed by atoms with Crippen LogP contribution >= 0.6 is 35.6 Å². The van der Waals surface area contributed by atoms with Crippen LogP contribution in [0.1, 0.15) is 12.0 Å². The summed E-state index contributed by atoms with van der Waals surface area (Å²) in [6.07, 6.45) is 1.29. The summed E-state index contributed by atoms with van der Waals surface area (Å²) in [5.41, 5.74) is 7.33. The molecule has 1 aliphatic heterocycles.